The van der Waals surface area contributed by atoms with Gasteiger partial charge in [0, 0.05) is 54.3 Å². The summed E-state index contributed by atoms with van der Waals surface area (Å²) in [7, 11) is 0. The van der Waals surface area contributed by atoms with Crippen LogP contribution in [0.2, 0.25) is 0 Å². The number of nitrogens with one attached hydrogen (secondary N) is 2. The molecule has 0 saturated heterocycles. The van der Waals surface area contributed by atoms with Gasteiger partial charge in [-0.15, -0.1) is 0 Å². The minimum Gasteiger partial charge on any atom is -0.481 e. The lowest BCUT2D eigenvalue weighted by Crippen LogP contribution is -2.48. The van der Waals surface area contributed by atoms with E-state index in [0.717, 1.165) is 17.7 Å². The summed E-state index contributed by atoms with van der Waals surface area (Å²) in [5.74, 6) is -1.46. The molecule has 0 spiro atoms. The number of anilines is 1. The minimum atomic E-state index is -0.833. The zero-order valence-corrected chi connectivity index (χ0v) is 23.0. The van der Waals surface area contributed by atoms with E-state index < -0.39 is 17.5 Å². The Hall–Kier alpha value is -4.40. The number of rotatable bonds is 9. The highest BCUT2D eigenvalue weighted by Crippen LogP contribution is 2.45. The number of fused-ring (bicyclic) bond motifs is 2. The van der Waals surface area contributed by atoms with Crippen molar-refractivity contribution in [1.82, 2.24) is 10.6 Å². The predicted octanol–water partition coefficient (Wildman–Crippen LogP) is 4.20. The van der Waals surface area contributed by atoms with Crippen molar-refractivity contribution >= 4 is 34.4 Å². The molecule has 40 heavy (non-hydrogen) atoms. The maximum Gasteiger partial charge on any atom is 0.349 e. The van der Waals surface area contributed by atoms with Crippen LogP contribution in [0, 0.1) is 0 Å². The molecule has 1 atom stereocenters. The molecule has 210 valence electrons. The molecule has 2 heterocycles. The van der Waals surface area contributed by atoms with Crippen LogP contribution in [-0.4, -0.2) is 48.1 Å². The van der Waals surface area contributed by atoms with Gasteiger partial charge in [0.1, 0.15) is 11.1 Å². The number of nitrogens with zero attached hydrogens (tertiary/aromatic N) is 1. The van der Waals surface area contributed by atoms with Crippen molar-refractivity contribution in [1.29, 1.82) is 0 Å². The number of carboxylic acids is 1. The van der Waals surface area contributed by atoms with Gasteiger partial charge in [-0.2, -0.15) is 0 Å². The number of aliphatic carboxylic acids is 1. The van der Waals surface area contributed by atoms with Crippen LogP contribution in [0.5, 0.6) is 0 Å². The summed E-state index contributed by atoms with van der Waals surface area (Å²) in [5, 5.41) is 15.2. The van der Waals surface area contributed by atoms with Gasteiger partial charge >= 0.3 is 11.6 Å². The second-order valence-electron chi connectivity index (χ2n) is 10.7. The Morgan fingerprint density at radius 2 is 1.73 bits per heavy atom. The van der Waals surface area contributed by atoms with Crippen molar-refractivity contribution in [2.24, 2.45) is 0 Å². The number of allylic oxidation sites excluding steroid dienone is 6. The minimum absolute atomic E-state index is 0.0755. The molecule has 0 saturated carbocycles. The molecular weight excluding hydrogens is 510 g/mol. The Kier molecular flexibility index (Phi) is 8.72. The molecule has 2 aromatic rings. The standard InChI is InChI=1S/C31H35N3O6/c1-20-19-31(2,3)34(15-9-12-27(35)36)25-18-26-22(16-23(20)25)17-24(30(39)40-26)29(38)33-14-13-32-28(37)21-10-7-5-4-6-8-11-21/h4-8,10-11,16-18,20H,9,12-15,19H2,1-3H3,(H,32,37)(H,33,38)(H,35,36)/b5-4-,6-4?,7-5?,8-6-,10-7-,11-8?,21-10?,21-11+. The summed E-state index contributed by atoms with van der Waals surface area (Å²) in [6.07, 6.45) is 13.9. The average molecular weight is 546 g/mol. The van der Waals surface area contributed by atoms with Crippen LogP contribution in [0.25, 0.3) is 11.0 Å². The number of carboxylic acid groups (broad SMARTS) is 1. The van der Waals surface area contributed by atoms with E-state index in [9.17, 15) is 19.2 Å². The molecule has 1 unspecified atom stereocenters. The Morgan fingerprint density at radius 3 is 2.48 bits per heavy atom. The van der Waals surface area contributed by atoms with E-state index in [-0.39, 0.29) is 42.4 Å². The number of hydrogen-bond donors (Lipinski definition) is 3. The fourth-order valence-electron chi connectivity index (χ4n) is 5.33. The molecule has 0 radical (unpaired) electrons. The molecule has 1 aliphatic carbocycles. The van der Waals surface area contributed by atoms with Crippen molar-refractivity contribution in [3.63, 3.8) is 0 Å². The molecule has 1 aliphatic heterocycles. The van der Waals surface area contributed by atoms with Gasteiger partial charge < -0.3 is 25.1 Å². The van der Waals surface area contributed by atoms with Crippen LogP contribution >= 0.6 is 0 Å². The molecule has 1 aromatic carbocycles. The van der Waals surface area contributed by atoms with Crippen molar-refractivity contribution in [3.05, 3.63) is 87.9 Å². The fraction of sp³-hybridized carbons (Fsp3) is 0.355. The normalized spacial score (nSPS) is 21.2. The second kappa shape index (κ2) is 12.2. The van der Waals surface area contributed by atoms with Crippen LogP contribution in [0.1, 0.15) is 61.9 Å². The number of amides is 2. The number of carbonyl (C=O) groups is 3. The molecule has 4 rings (SSSR count). The summed E-state index contributed by atoms with van der Waals surface area (Å²) >= 11 is 0. The van der Waals surface area contributed by atoms with Crippen LogP contribution in [0.3, 0.4) is 0 Å². The summed E-state index contributed by atoms with van der Waals surface area (Å²) in [4.78, 5) is 51.2. The van der Waals surface area contributed by atoms with Gasteiger partial charge in [0.05, 0.1) is 0 Å². The van der Waals surface area contributed by atoms with Gasteiger partial charge in [0.2, 0.25) is 0 Å². The smallest absolute Gasteiger partial charge is 0.349 e. The molecule has 0 bridgehead atoms. The van der Waals surface area contributed by atoms with Crippen LogP contribution in [-0.2, 0) is 9.59 Å². The molecule has 0 fully saturated rings. The first-order valence-corrected chi connectivity index (χ1v) is 13.5. The van der Waals surface area contributed by atoms with Gasteiger partial charge in [-0.1, -0.05) is 37.3 Å². The zero-order chi connectivity index (χ0) is 28.9. The van der Waals surface area contributed by atoms with E-state index in [1.165, 1.54) is 0 Å². The highest BCUT2D eigenvalue weighted by atomic mass is 16.4. The molecular formula is C31H35N3O6. The monoisotopic (exact) mass is 545 g/mol. The third-order valence-corrected chi connectivity index (χ3v) is 7.21. The summed E-state index contributed by atoms with van der Waals surface area (Å²) in [5.41, 5.74) is 1.77. The Labute approximate surface area is 232 Å². The van der Waals surface area contributed by atoms with Crippen LogP contribution in [0.4, 0.5) is 5.69 Å². The quantitative estimate of drug-likeness (QED) is 0.318. The maximum absolute atomic E-state index is 12.8. The molecule has 2 aliphatic rings. The fourth-order valence-corrected chi connectivity index (χ4v) is 5.33. The molecule has 3 N–H and O–H groups in total. The van der Waals surface area contributed by atoms with E-state index in [2.05, 4.69) is 36.3 Å². The Bertz CT molecular complexity index is 1490. The van der Waals surface area contributed by atoms with Crippen molar-refractivity contribution in [3.8, 4) is 0 Å². The zero-order valence-electron chi connectivity index (χ0n) is 23.0. The van der Waals surface area contributed by atoms with E-state index in [1.54, 1.807) is 30.4 Å². The van der Waals surface area contributed by atoms with E-state index in [1.807, 2.05) is 30.4 Å². The first-order valence-electron chi connectivity index (χ1n) is 13.5. The van der Waals surface area contributed by atoms with Crippen LogP contribution in [0.15, 0.2) is 75.5 Å². The Balaban J connectivity index is 1.47. The molecule has 9 nitrogen and oxygen atoms in total. The van der Waals surface area contributed by atoms with E-state index in [4.69, 9.17) is 9.52 Å². The molecule has 1 aromatic heterocycles. The first kappa shape index (κ1) is 28.6. The second-order valence-corrected chi connectivity index (χ2v) is 10.7. The largest absolute Gasteiger partial charge is 0.481 e. The summed E-state index contributed by atoms with van der Waals surface area (Å²) in [6, 6.07) is 5.32. The first-order chi connectivity index (χ1) is 19.1. The number of hydrogen-bond acceptors (Lipinski definition) is 6. The highest BCUT2D eigenvalue weighted by molar-refractivity contribution is 5.98. The highest BCUT2D eigenvalue weighted by Gasteiger charge is 2.36. The average Bonchev–Trinajstić information content (AvgIpc) is 2.86. The third kappa shape index (κ3) is 6.59. The van der Waals surface area contributed by atoms with Gasteiger partial charge in [-0.05, 0) is 62.5 Å². The van der Waals surface area contributed by atoms with Gasteiger partial charge in [-0.25, -0.2) is 4.79 Å². The van der Waals surface area contributed by atoms with Crippen molar-refractivity contribution < 1.29 is 23.9 Å². The lowest BCUT2D eigenvalue weighted by molar-refractivity contribution is -0.137. The van der Waals surface area contributed by atoms with Gasteiger partial charge in [0.15, 0.2) is 0 Å². The summed E-state index contributed by atoms with van der Waals surface area (Å²) in [6.45, 7) is 7.28. The predicted molar refractivity (Wildman–Crippen MR) is 155 cm³/mol. The third-order valence-electron chi connectivity index (χ3n) is 7.21. The lowest BCUT2D eigenvalue weighted by Gasteiger charge is -2.47. The molecule has 9 heteroatoms. The maximum atomic E-state index is 12.8. The van der Waals surface area contributed by atoms with Crippen molar-refractivity contribution in [2.75, 3.05) is 24.5 Å². The van der Waals surface area contributed by atoms with Gasteiger partial charge in [0.25, 0.3) is 11.8 Å². The topological polar surface area (TPSA) is 129 Å². The Morgan fingerprint density at radius 1 is 1.02 bits per heavy atom. The van der Waals surface area contributed by atoms with Crippen LogP contribution < -0.4 is 21.2 Å². The SMILES string of the molecule is CC1CC(C)(C)N(CCCC(=O)O)c2cc3oc(=O)c(C(=O)NCCNC(=O)C4=C/C=C\C=C/C=C\4)cc3cc21. The van der Waals surface area contributed by atoms with Gasteiger partial charge in [-0.3, -0.25) is 14.4 Å². The van der Waals surface area contributed by atoms with E-state index >= 15 is 0 Å². The number of benzene rings is 1. The molecule has 2 amide bonds. The summed E-state index contributed by atoms with van der Waals surface area (Å²) < 4.78 is 5.59. The van der Waals surface area contributed by atoms with E-state index in [0.29, 0.717) is 29.5 Å². The number of carbonyl (C=O) groups excluding carboxylic acids is 2. The lowest BCUT2D eigenvalue weighted by atomic mass is 9.79. The van der Waals surface area contributed by atoms with Crippen molar-refractivity contribution in [2.45, 2.75) is 51.5 Å².